The lowest BCUT2D eigenvalue weighted by atomic mass is 10.2. The molecular weight excluding hydrogens is 362 g/mol. The van der Waals surface area contributed by atoms with Gasteiger partial charge in [0.15, 0.2) is 5.11 Å². The van der Waals surface area contributed by atoms with Crippen molar-refractivity contribution in [2.24, 2.45) is 7.05 Å². The molecule has 0 saturated carbocycles. The van der Waals surface area contributed by atoms with Crippen LogP contribution in [0.3, 0.4) is 0 Å². The topological polar surface area (TPSA) is 54.8 Å². The van der Waals surface area contributed by atoms with Gasteiger partial charge >= 0.3 is 0 Å². The molecule has 0 atom stereocenters. The first-order valence-electron chi connectivity index (χ1n) is 8.99. The van der Waals surface area contributed by atoms with Gasteiger partial charge in [0.1, 0.15) is 11.5 Å². The van der Waals surface area contributed by atoms with Gasteiger partial charge in [0, 0.05) is 75.4 Å². The summed E-state index contributed by atoms with van der Waals surface area (Å²) in [6, 6.07) is 5.67. The number of hydrogen-bond acceptors (Lipinski definition) is 5. The summed E-state index contributed by atoms with van der Waals surface area (Å²) in [5.74, 6) is 1.47. The summed E-state index contributed by atoms with van der Waals surface area (Å²) in [4.78, 5) is 4.64. The molecule has 1 aromatic carbocycles. The highest BCUT2D eigenvalue weighted by Crippen LogP contribution is 2.26. The largest absolute Gasteiger partial charge is 0.497 e. The second-order valence-corrected chi connectivity index (χ2v) is 7.09. The SMILES string of the molecule is COc1cc(NC(=S)N2CCN(Cc3cn(C)nc3C)CC2)cc(OC)c1. The number of aromatic nitrogens is 2. The average Bonchev–Trinajstić information content (AvgIpc) is 2.98. The van der Waals surface area contributed by atoms with Crippen molar-refractivity contribution in [2.45, 2.75) is 13.5 Å². The third-order valence-electron chi connectivity index (χ3n) is 4.77. The second kappa shape index (κ2) is 8.58. The summed E-state index contributed by atoms with van der Waals surface area (Å²) < 4.78 is 12.5. The van der Waals surface area contributed by atoms with Crippen molar-refractivity contribution in [3.05, 3.63) is 35.7 Å². The van der Waals surface area contributed by atoms with E-state index in [9.17, 15) is 0 Å². The highest BCUT2D eigenvalue weighted by atomic mass is 32.1. The molecule has 8 heteroatoms. The van der Waals surface area contributed by atoms with Gasteiger partial charge in [0.05, 0.1) is 19.9 Å². The highest BCUT2D eigenvalue weighted by Gasteiger charge is 2.20. The van der Waals surface area contributed by atoms with Crippen molar-refractivity contribution in [3.8, 4) is 11.5 Å². The van der Waals surface area contributed by atoms with Crippen molar-refractivity contribution in [1.29, 1.82) is 0 Å². The Labute approximate surface area is 165 Å². The number of methoxy groups -OCH3 is 2. The van der Waals surface area contributed by atoms with E-state index in [-0.39, 0.29) is 0 Å². The van der Waals surface area contributed by atoms with Gasteiger partial charge in [-0.2, -0.15) is 5.10 Å². The Morgan fingerprint density at radius 2 is 1.74 bits per heavy atom. The lowest BCUT2D eigenvalue weighted by Gasteiger charge is -2.36. The Bertz CT molecular complexity index is 777. The molecule has 0 amide bonds. The normalized spacial score (nSPS) is 14.9. The summed E-state index contributed by atoms with van der Waals surface area (Å²) in [5, 5.41) is 8.45. The molecule has 0 unspecified atom stereocenters. The monoisotopic (exact) mass is 389 g/mol. The van der Waals surface area contributed by atoms with Crippen molar-refractivity contribution in [1.82, 2.24) is 19.6 Å². The maximum atomic E-state index is 5.61. The quantitative estimate of drug-likeness (QED) is 0.787. The summed E-state index contributed by atoms with van der Waals surface area (Å²) in [6.07, 6.45) is 2.10. The van der Waals surface area contributed by atoms with Gasteiger partial charge in [-0.1, -0.05) is 0 Å². The van der Waals surface area contributed by atoms with E-state index in [1.165, 1.54) is 5.56 Å². The van der Waals surface area contributed by atoms with Crippen LogP contribution in [0.5, 0.6) is 11.5 Å². The van der Waals surface area contributed by atoms with E-state index in [0.29, 0.717) is 0 Å². The number of piperazine rings is 1. The molecule has 146 valence electrons. The first-order chi connectivity index (χ1) is 13.0. The predicted molar refractivity (Wildman–Crippen MR) is 111 cm³/mol. The first-order valence-corrected chi connectivity index (χ1v) is 9.40. The standard InChI is InChI=1S/C19H27N5O2S/c1-14-15(12-22(2)21-14)13-23-5-7-24(8-6-23)19(27)20-16-9-17(25-3)11-18(10-16)26-4/h9-12H,5-8,13H2,1-4H3,(H,20,27). The minimum absolute atomic E-state index is 0.725. The zero-order chi connectivity index (χ0) is 19.4. The fourth-order valence-corrected chi connectivity index (χ4v) is 3.54. The first kappa shape index (κ1) is 19.4. The molecular formula is C19H27N5O2S. The third kappa shape index (κ3) is 4.90. The zero-order valence-electron chi connectivity index (χ0n) is 16.4. The summed E-state index contributed by atoms with van der Waals surface area (Å²) in [5.41, 5.74) is 3.25. The van der Waals surface area contributed by atoms with Gasteiger partial charge in [-0.3, -0.25) is 9.58 Å². The van der Waals surface area contributed by atoms with Crippen LogP contribution in [0.4, 0.5) is 5.69 Å². The number of aryl methyl sites for hydroxylation is 2. The van der Waals surface area contributed by atoms with E-state index in [2.05, 4.69) is 33.3 Å². The zero-order valence-corrected chi connectivity index (χ0v) is 17.2. The number of anilines is 1. The number of ether oxygens (including phenoxy) is 2. The number of hydrogen-bond donors (Lipinski definition) is 1. The molecule has 27 heavy (non-hydrogen) atoms. The molecule has 1 aliphatic rings. The van der Waals surface area contributed by atoms with Crippen molar-refractivity contribution >= 4 is 23.0 Å². The van der Waals surface area contributed by atoms with E-state index in [1.807, 2.05) is 29.9 Å². The van der Waals surface area contributed by atoms with E-state index in [4.69, 9.17) is 21.7 Å². The molecule has 0 radical (unpaired) electrons. The molecule has 1 aromatic heterocycles. The average molecular weight is 390 g/mol. The maximum absolute atomic E-state index is 5.61. The molecule has 1 saturated heterocycles. The van der Waals surface area contributed by atoms with E-state index in [1.54, 1.807) is 14.2 Å². The van der Waals surface area contributed by atoms with Crippen LogP contribution < -0.4 is 14.8 Å². The van der Waals surface area contributed by atoms with Gasteiger partial charge in [-0.25, -0.2) is 0 Å². The van der Waals surface area contributed by atoms with Crippen LogP contribution >= 0.6 is 12.2 Å². The van der Waals surface area contributed by atoms with Crippen LogP contribution in [0.2, 0.25) is 0 Å². The molecule has 1 N–H and O–H groups in total. The van der Waals surface area contributed by atoms with Crippen LogP contribution in [0, 0.1) is 6.92 Å². The minimum Gasteiger partial charge on any atom is -0.497 e. The molecule has 0 aliphatic carbocycles. The lowest BCUT2D eigenvalue weighted by molar-refractivity contribution is 0.176. The van der Waals surface area contributed by atoms with Crippen LogP contribution in [0.15, 0.2) is 24.4 Å². The molecule has 0 spiro atoms. The second-order valence-electron chi connectivity index (χ2n) is 6.71. The Kier molecular flexibility index (Phi) is 6.18. The van der Waals surface area contributed by atoms with Gasteiger partial charge in [-0.15, -0.1) is 0 Å². The van der Waals surface area contributed by atoms with E-state index >= 15 is 0 Å². The molecule has 1 fully saturated rings. The van der Waals surface area contributed by atoms with Crippen LogP contribution in [-0.4, -0.2) is 65.1 Å². The molecule has 2 aromatic rings. The Balaban J connectivity index is 1.55. The number of rotatable bonds is 5. The van der Waals surface area contributed by atoms with Crippen molar-refractivity contribution in [3.63, 3.8) is 0 Å². The molecule has 2 heterocycles. The number of benzene rings is 1. The van der Waals surface area contributed by atoms with E-state index in [0.717, 1.165) is 60.7 Å². The molecule has 7 nitrogen and oxygen atoms in total. The Morgan fingerprint density at radius 1 is 1.11 bits per heavy atom. The highest BCUT2D eigenvalue weighted by molar-refractivity contribution is 7.80. The minimum atomic E-state index is 0.725. The number of nitrogens with zero attached hydrogens (tertiary/aromatic N) is 4. The van der Waals surface area contributed by atoms with Crippen LogP contribution in [-0.2, 0) is 13.6 Å². The van der Waals surface area contributed by atoms with E-state index < -0.39 is 0 Å². The predicted octanol–water partition coefficient (Wildman–Crippen LogP) is 2.26. The fourth-order valence-electron chi connectivity index (χ4n) is 3.24. The Morgan fingerprint density at radius 3 is 2.26 bits per heavy atom. The summed E-state index contributed by atoms with van der Waals surface area (Å²) >= 11 is 5.61. The van der Waals surface area contributed by atoms with Crippen LogP contribution in [0.25, 0.3) is 0 Å². The van der Waals surface area contributed by atoms with Gasteiger partial charge in [0.25, 0.3) is 0 Å². The van der Waals surface area contributed by atoms with Gasteiger partial charge < -0.3 is 19.7 Å². The number of thiocarbonyl (C=S) groups is 1. The van der Waals surface area contributed by atoms with Gasteiger partial charge in [0.2, 0.25) is 0 Å². The fraction of sp³-hybridized carbons (Fsp3) is 0.474. The lowest BCUT2D eigenvalue weighted by Crippen LogP contribution is -2.49. The third-order valence-corrected chi connectivity index (χ3v) is 5.13. The van der Waals surface area contributed by atoms with Crippen molar-refractivity contribution < 1.29 is 9.47 Å². The molecule has 0 bridgehead atoms. The smallest absolute Gasteiger partial charge is 0.173 e. The number of nitrogens with one attached hydrogen (secondary N) is 1. The molecule has 3 rings (SSSR count). The maximum Gasteiger partial charge on any atom is 0.173 e. The molecule has 1 aliphatic heterocycles. The summed E-state index contributed by atoms with van der Waals surface area (Å²) in [7, 11) is 5.24. The summed E-state index contributed by atoms with van der Waals surface area (Å²) in [6.45, 7) is 6.72. The van der Waals surface area contributed by atoms with Crippen LogP contribution in [0.1, 0.15) is 11.3 Å². The van der Waals surface area contributed by atoms with Crippen molar-refractivity contribution in [2.75, 3.05) is 45.7 Å². The Hall–Kier alpha value is -2.32. The van der Waals surface area contributed by atoms with Gasteiger partial charge in [-0.05, 0) is 19.1 Å².